The Bertz CT molecular complexity index is 833. The van der Waals surface area contributed by atoms with E-state index in [1.165, 1.54) is 0 Å². The van der Waals surface area contributed by atoms with Crippen LogP contribution < -0.4 is 10.1 Å². The molecule has 0 saturated carbocycles. The van der Waals surface area contributed by atoms with Crippen LogP contribution in [0.25, 0.3) is 0 Å². The van der Waals surface area contributed by atoms with Crippen LogP contribution in [-0.4, -0.2) is 43.9 Å². The molecule has 0 aliphatic rings. The summed E-state index contributed by atoms with van der Waals surface area (Å²) in [7, 11) is -3.24. The largest absolute Gasteiger partial charge is 0.491 e. The average Bonchev–Trinajstić information content (AvgIpc) is 2.58. The highest BCUT2D eigenvalue weighted by atomic mass is 16.5. The molecule has 1 aromatic carbocycles. The summed E-state index contributed by atoms with van der Waals surface area (Å²) in [5.74, 6) is -0.438. The molecule has 0 spiro atoms. The lowest BCUT2D eigenvalue weighted by Crippen LogP contribution is -2.35. The van der Waals surface area contributed by atoms with Crippen LogP contribution in [0.15, 0.2) is 24.3 Å². The lowest BCUT2D eigenvalue weighted by atomic mass is 10.1. The average molecular weight is 282 g/mol. The molecule has 0 fully saturated rings. The van der Waals surface area contributed by atoms with Crippen LogP contribution in [-0.2, 0) is 11.1 Å². The van der Waals surface area contributed by atoms with E-state index in [9.17, 15) is 5.11 Å². The molecule has 2 unspecified atom stereocenters. The van der Waals surface area contributed by atoms with E-state index in [0.29, 0.717) is 0 Å². The summed E-state index contributed by atoms with van der Waals surface area (Å²) in [5.41, 5.74) is -0.417. The number of methoxy groups -OCH3 is 1. The van der Waals surface area contributed by atoms with Crippen molar-refractivity contribution in [1.29, 1.82) is 0 Å². The van der Waals surface area contributed by atoms with Crippen LogP contribution in [0.5, 0.6) is 5.75 Å². The van der Waals surface area contributed by atoms with E-state index in [1.54, 1.807) is 0 Å². The maximum atomic E-state index is 10.3. The monoisotopic (exact) mass is 282 g/mol. The minimum absolute atomic E-state index is 0.417. The number of ether oxygens (including phenoxy) is 2. The van der Waals surface area contributed by atoms with Gasteiger partial charge in [-0.15, -0.1) is 0 Å². The summed E-state index contributed by atoms with van der Waals surface area (Å²) >= 11 is 0. The van der Waals surface area contributed by atoms with Gasteiger partial charge >= 0.3 is 0 Å². The zero-order chi connectivity index (χ0) is 27.2. The molecule has 19 heavy (non-hydrogen) atoms. The summed E-state index contributed by atoms with van der Waals surface area (Å²) in [6, 6.07) is 2.10. The molecule has 1 rings (SSSR count). The number of hydrogen-bond acceptors (Lipinski definition) is 4. The van der Waals surface area contributed by atoms with Crippen molar-refractivity contribution in [3.8, 4) is 5.75 Å². The van der Waals surface area contributed by atoms with Gasteiger partial charge in [-0.3, -0.25) is 0 Å². The van der Waals surface area contributed by atoms with Gasteiger partial charge < -0.3 is 19.9 Å². The van der Waals surface area contributed by atoms with Gasteiger partial charge in [0, 0.05) is 29.2 Å². The van der Waals surface area contributed by atoms with E-state index in [0.717, 1.165) is 31.2 Å². The first-order valence-electron chi connectivity index (χ1n) is 12.8. The summed E-state index contributed by atoms with van der Waals surface area (Å²) in [4.78, 5) is 0. The molecule has 0 amide bonds. The Labute approximate surface area is 136 Å². The highest BCUT2D eigenvalue weighted by Crippen LogP contribution is 2.12. The fourth-order valence-corrected chi connectivity index (χ4v) is 1.00. The van der Waals surface area contributed by atoms with Gasteiger partial charge in [-0.05, 0) is 24.1 Å². The lowest BCUT2D eigenvalue weighted by Gasteiger charge is -2.15. The first-order valence-corrected chi connectivity index (χ1v) is 5.27. The fourth-order valence-electron chi connectivity index (χ4n) is 1.00. The zero-order valence-corrected chi connectivity index (χ0v) is 10.2. The van der Waals surface area contributed by atoms with Gasteiger partial charge in [0.2, 0.25) is 0 Å². The Balaban J connectivity index is 3.15. The molecule has 1 aromatic rings. The zero-order valence-electron chi connectivity index (χ0n) is 25.2. The minimum atomic E-state index is -3.68. The van der Waals surface area contributed by atoms with Gasteiger partial charge in [0.15, 0.2) is 0 Å². The van der Waals surface area contributed by atoms with Crippen molar-refractivity contribution < 1.29 is 35.1 Å². The molecule has 2 N–H and O–H groups in total. The highest BCUT2D eigenvalue weighted by molar-refractivity contribution is 5.27. The summed E-state index contributed by atoms with van der Waals surface area (Å²) in [6.45, 7) is -11.8. The number of nitrogens with one attached hydrogen (secondary N) is 1. The molecule has 0 aliphatic heterocycles. The Morgan fingerprint density at radius 3 is 2.95 bits per heavy atom. The van der Waals surface area contributed by atoms with E-state index < -0.39 is 63.3 Å². The molecule has 0 heterocycles. The third kappa shape index (κ3) is 7.15. The summed E-state index contributed by atoms with van der Waals surface area (Å²) < 4.78 is 122. The van der Waals surface area contributed by atoms with Crippen molar-refractivity contribution in [1.82, 2.24) is 5.32 Å². The highest BCUT2D eigenvalue weighted by Gasteiger charge is 2.05. The van der Waals surface area contributed by atoms with Crippen LogP contribution in [0, 0.1) is 0 Å². The molecule has 2 atom stereocenters. The van der Waals surface area contributed by atoms with Crippen molar-refractivity contribution in [3.05, 3.63) is 29.8 Å². The van der Waals surface area contributed by atoms with Gasteiger partial charge in [0.25, 0.3) is 0 Å². The van der Waals surface area contributed by atoms with Crippen molar-refractivity contribution in [2.45, 2.75) is 32.3 Å². The van der Waals surface area contributed by atoms with Crippen LogP contribution >= 0.6 is 0 Å². The minimum Gasteiger partial charge on any atom is -0.491 e. The van der Waals surface area contributed by atoms with E-state index in [4.69, 9.17) is 25.3 Å². The maximum absolute atomic E-state index is 10.3. The van der Waals surface area contributed by atoms with Gasteiger partial charge in [0.05, 0.1) is 17.5 Å². The number of aliphatic hydroxyl groups is 1. The first-order chi connectivity index (χ1) is 14.8. The van der Waals surface area contributed by atoms with Crippen molar-refractivity contribution in [2.24, 2.45) is 0 Å². The maximum Gasteiger partial charge on any atom is 0.119 e. The smallest absolute Gasteiger partial charge is 0.119 e. The SMILES string of the molecule is [2H]C([2H])([2H])OC([2H])([2H])C([2H])([2H])c1ccc(OC([2H])([2H])C([2H])(O)C([2H])([2H])NC(C)C([2H])([2H])[2H])cc1. The fraction of sp³-hybridized carbons (Fsp3) is 0.600. The van der Waals surface area contributed by atoms with E-state index in [2.05, 4.69) is 4.74 Å². The van der Waals surface area contributed by atoms with Gasteiger partial charge in [-0.1, -0.05) is 25.9 Å². The Morgan fingerprint density at radius 1 is 1.47 bits per heavy atom. The quantitative estimate of drug-likeness (QED) is 0.722. The molecule has 0 saturated heterocycles. The van der Waals surface area contributed by atoms with E-state index >= 15 is 0 Å². The van der Waals surface area contributed by atoms with Crippen LogP contribution in [0.1, 0.15) is 39.9 Å². The lowest BCUT2D eigenvalue weighted by molar-refractivity contribution is 0.104. The third-order valence-electron chi connectivity index (χ3n) is 1.77. The standard InChI is InChI=1S/C15H25NO3/c1-12(2)16-10-14(17)11-19-15-6-4-13(5-7-15)8-9-18-3/h4-7,12,14,16-17H,8-11H2,1-3H3/i1D3,3D3,8D2,9D2,10D2,11D2,14D. The van der Waals surface area contributed by atoms with Crippen molar-refractivity contribution in [3.63, 3.8) is 0 Å². The molecule has 108 valence electrons. The molecule has 0 radical (unpaired) electrons. The number of hydrogen-bond donors (Lipinski definition) is 2. The van der Waals surface area contributed by atoms with Gasteiger partial charge in [-0.2, -0.15) is 0 Å². The predicted molar refractivity (Wildman–Crippen MR) is 76.7 cm³/mol. The Kier molecular flexibility index (Phi) is 2.21. The second-order valence-corrected chi connectivity index (χ2v) is 3.40. The van der Waals surface area contributed by atoms with Crippen LogP contribution in [0.3, 0.4) is 0 Å². The molecule has 0 aliphatic carbocycles. The molecule has 0 bridgehead atoms. The second kappa shape index (κ2) is 8.91. The third-order valence-corrected chi connectivity index (χ3v) is 1.77. The van der Waals surface area contributed by atoms with Gasteiger partial charge in [0.1, 0.15) is 18.4 Å². The van der Waals surface area contributed by atoms with Crippen LogP contribution in [0.4, 0.5) is 0 Å². The molecular weight excluding hydrogens is 242 g/mol. The van der Waals surface area contributed by atoms with Crippen molar-refractivity contribution in [2.75, 3.05) is 26.7 Å². The molecule has 0 aromatic heterocycles. The second-order valence-electron chi connectivity index (χ2n) is 3.40. The van der Waals surface area contributed by atoms with Crippen molar-refractivity contribution >= 4 is 0 Å². The normalized spacial score (nSPS) is 31.8. The molecule has 4 heteroatoms. The number of aryl methyl sites for hydroxylation is 1. The summed E-state index contributed by atoms with van der Waals surface area (Å²) in [6.07, 6.45) is -6.67. The molecular formula is C15H25NO3. The van der Waals surface area contributed by atoms with E-state index in [1.807, 2.05) is 5.32 Å². The number of benzene rings is 1. The Morgan fingerprint density at radius 2 is 2.26 bits per heavy atom. The summed E-state index contributed by atoms with van der Waals surface area (Å²) in [5, 5.41) is 12.2. The van der Waals surface area contributed by atoms with Gasteiger partial charge in [-0.25, -0.2) is 0 Å². The number of rotatable bonds is 9. The molecule has 4 nitrogen and oxygen atoms in total. The first kappa shape index (κ1) is 4.72. The van der Waals surface area contributed by atoms with Crippen LogP contribution in [0.2, 0.25) is 0 Å². The predicted octanol–water partition coefficient (Wildman–Crippen LogP) is 1.61. The topological polar surface area (TPSA) is 50.7 Å². The Hall–Kier alpha value is -1.10. The van der Waals surface area contributed by atoms with E-state index in [-0.39, 0.29) is 0 Å².